The minimum atomic E-state index is -3.65. The van der Waals surface area contributed by atoms with Crippen LogP contribution in [0.2, 0.25) is 0 Å². The Morgan fingerprint density at radius 1 is 1.18 bits per heavy atom. The minimum Gasteiger partial charge on any atom is -0.507 e. The highest BCUT2D eigenvalue weighted by Gasteiger charge is 2.27. The van der Waals surface area contributed by atoms with Crippen LogP contribution >= 0.6 is 0 Å². The number of ether oxygens (including phenoxy) is 1. The van der Waals surface area contributed by atoms with Gasteiger partial charge in [-0.25, -0.2) is 8.42 Å². The summed E-state index contributed by atoms with van der Waals surface area (Å²) in [6.07, 6.45) is 1.51. The fourth-order valence-electron chi connectivity index (χ4n) is 3.62. The summed E-state index contributed by atoms with van der Waals surface area (Å²) >= 11 is 0. The predicted octanol–water partition coefficient (Wildman–Crippen LogP) is 2.59. The molecule has 2 heterocycles. The monoisotopic (exact) mass is 480 g/mol. The van der Waals surface area contributed by atoms with E-state index in [0.29, 0.717) is 33.7 Å². The number of benzene rings is 2. The molecule has 1 aromatic heterocycles. The number of phenols is 1. The maximum Gasteiger partial charge on any atom is 0.259 e. The largest absolute Gasteiger partial charge is 0.507 e. The highest BCUT2D eigenvalue weighted by molar-refractivity contribution is 7.89. The standard InChI is InChI=1S/C24H24N4O5S/c1-24(2,14-33-20-9-5-6-16-13-34(31,32)28-22(25)21(16)20)27-23(30)15-10-11-26-18(12-15)17-7-3-4-8-19(17)29/h3-12,29H,13-14H2,1-2H3,(H2,25,28)(H,27,30). The van der Waals surface area contributed by atoms with Crippen molar-refractivity contribution in [1.29, 1.82) is 0 Å². The van der Waals surface area contributed by atoms with Gasteiger partial charge in [-0.1, -0.05) is 24.3 Å². The molecule has 34 heavy (non-hydrogen) atoms. The average Bonchev–Trinajstić information content (AvgIpc) is 2.77. The van der Waals surface area contributed by atoms with Crippen molar-refractivity contribution in [2.45, 2.75) is 25.1 Å². The normalized spacial score (nSPS) is 14.6. The highest BCUT2D eigenvalue weighted by atomic mass is 32.2. The van der Waals surface area contributed by atoms with Gasteiger partial charge in [-0.3, -0.25) is 9.78 Å². The van der Waals surface area contributed by atoms with E-state index in [0.717, 1.165) is 0 Å². The Bertz CT molecular complexity index is 1400. The number of amidine groups is 1. The van der Waals surface area contributed by atoms with E-state index < -0.39 is 15.6 Å². The van der Waals surface area contributed by atoms with Crippen LogP contribution in [-0.4, -0.2) is 42.4 Å². The third-order valence-electron chi connectivity index (χ3n) is 5.19. The fraction of sp³-hybridized carbons (Fsp3) is 0.208. The quantitative estimate of drug-likeness (QED) is 0.492. The summed E-state index contributed by atoms with van der Waals surface area (Å²) in [5.74, 6) is -0.242. The number of nitrogens with zero attached hydrogens (tertiary/aromatic N) is 2. The molecule has 0 fully saturated rings. The Balaban J connectivity index is 1.49. The zero-order valence-electron chi connectivity index (χ0n) is 18.6. The minimum absolute atomic E-state index is 0.0723. The number of sulfonamides is 1. The van der Waals surface area contributed by atoms with E-state index in [1.54, 1.807) is 68.4 Å². The topological polar surface area (TPSA) is 144 Å². The van der Waals surface area contributed by atoms with Gasteiger partial charge in [0, 0.05) is 17.3 Å². The Labute approximate surface area is 197 Å². The van der Waals surface area contributed by atoms with Crippen LogP contribution in [0.4, 0.5) is 0 Å². The van der Waals surface area contributed by atoms with Crippen molar-refractivity contribution < 1.29 is 23.1 Å². The maximum atomic E-state index is 12.9. The van der Waals surface area contributed by atoms with Gasteiger partial charge in [-0.05, 0) is 49.7 Å². The summed E-state index contributed by atoms with van der Waals surface area (Å²) in [6.45, 7) is 3.69. The van der Waals surface area contributed by atoms with Crippen LogP contribution in [0, 0.1) is 0 Å². The van der Waals surface area contributed by atoms with Gasteiger partial charge in [0.2, 0.25) is 0 Å². The number of aromatic hydroxyl groups is 1. The molecule has 2 aromatic carbocycles. The molecule has 0 aliphatic carbocycles. The number of para-hydroxylation sites is 1. The smallest absolute Gasteiger partial charge is 0.259 e. The van der Waals surface area contributed by atoms with E-state index >= 15 is 0 Å². The van der Waals surface area contributed by atoms with Crippen molar-refractivity contribution in [3.05, 3.63) is 77.5 Å². The third-order valence-corrected chi connectivity index (χ3v) is 6.34. The van der Waals surface area contributed by atoms with Crippen LogP contribution < -0.4 is 15.8 Å². The molecular weight excluding hydrogens is 456 g/mol. The van der Waals surface area contributed by atoms with Crippen molar-refractivity contribution in [1.82, 2.24) is 10.3 Å². The van der Waals surface area contributed by atoms with Gasteiger partial charge in [-0.15, -0.1) is 4.40 Å². The van der Waals surface area contributed by atoms with Crippen molar-refractivity contribution in [2.24, 2.45) is 10.1 Å². The van der Waals surface area contributed by atoms with E-state index in [2.05, 4.69) is 14.7 Å². The van der Waals surface area contributed by atoms with Gasteiger partial charge in [-0.2, -0.15) is 0 Å². The van der Waals surface area contributed by atoms with Gasteiger partial charge in [0.15, 0.2) is 0 Å². The molecule has 0 radical (unpaired) electrons. The zero-order valence-corrected chi connectivity index (χ0v) is 19.5. The first-order chi connectivity index (χ1) is 16.0. The second kappa shape index (κ2) is 8.79. The summed E-state index contributed by atoms with van der Waals surface area (Å²) in [6, 6.07) is 15.0. The molecule has 0 saturated heterocycles. The number of phenolic OH excluding ortho intramolecular Hbond substituents is 1. The number of carbonyl (C=O) groups excluding carboxylic acids is 1. The Kier molecular flexibility index (Phi) is 6.01. The molecule has 0 spiro atoms. The molecule has 1 aliphatic heterocycles. The van der Waals surface area contributed by atoms with Crippen LogP contribution in [0.15, 0.2) is 65.2 Å². The Morgan fingerprint density at radius 2 is 1.94 bits per heavy atom. The number of carbonyl (C=O) groups is 1. The third kappa shape index (κ3) is 5.01. The number of hydrogen-bond acceptors (Lipinski definition) is 7. The molecule has 1 amide bonds. The number of pyridine rings is 1. The lowest BCUT2D eigenvalue weighted by atomic mass is 10.0. The Hall–Kier alpha value is -3.92. The lowest BCUT2D eigenvalue weighted by Gasteiger charge is -2.27. The van der Waals surface area contributed by atoms with Crippen molar-refractivity contribution in [3.63, 3.8) is 0 Å². The first-order valence-corrected chi connectivity index (χ1v) is 12.1. The number of nitrogens with one attached hydrogen (secondary N) is 1. The molecule has 10 heteroatoms. The van der Waals surface area contributed by atoms with Crippen molar-refractivity contribution in [3.8, 4) is 22.8 Å². The first-order valence-electron chi connectivity index (χ1n) is 10.4. The van der Waals surface area contributed by atoms with Gasteiger partial charge in [0.1, 0.15) is 23.9 Å². The molecule has 0 unspecified atom stereocenters. The predicted molar refractivity (Wildman–Crippen MR) is 128 cm³/mol. The van der Waals surface area contributed by atoms with E-state index in [9.17, 15) is 18.3 Å². The summed E-state index contributed by atoms with van der Waals surface area (Å²) in [5, 5.41) is 13.0. The molecule has 4 N–H and O–H groups in total. The van der Waals surface area contributed by atoms with Crippen LogP contribution in [0.25, 0.3) is 11.3 Å². The average molecular weight is 481 g/mol. The summed E-state index contributed by atoms with van der Waals surface area (Å²) in [7, 11) is -3.65. The van der Waals surface area contributed by atoms with E-state index in [1.165, 1.54) is 6.20 Å². The molecule has 0 bridgehead atoms. The second-order valence-electron chi connectivity index (χ2n) is 8.57. The maximum absolute atomic E-state index is 12.9. The molecule has 176 valence electrons. The number of aromatic nitrogens is 1. The van der Waals surface area contributed by atoms with E-state index in [4.69, 9.17) is 10.5 Å². The molecular formula is C24H24N4O5S. The van der Waals surface area contributed by atoms with E-state index in [1.807, 2.05) is 0 Å². The molecule has 3 aromatic rings. The highest BCUT2D eigenvalue weighted by Crippen LogP contribution is 2.29. The van der Waals surface area contributed by atoms with Crippen LogP contribution in [0.5, 0.6) is 11.5 Å². The Morgan fingerprint density at radius 3 is 2.71 bits per heavy atom. The van der Waals surface area contributed by atoms with Crippen molar-refractivity contribution in [2.75, 3.05) is 6.61 Å². The lowest BCUT2D eigenvalue weighted by Crippen LogP contribution is -2.48. The molecule has 1 aliphatic rings. The van der Waals surface area contributed by atoms with Crippen LogP contribution in [0.3, 0.4) is 0 Å². The SMILES string of the molecule is CC(C)(COc1cccc2c1C(N)=NS(=O)(=O)C2)NC(=O)c1ccnc(-c2ccccc2O)c1. The van der Waals surface area contributed by atoms with Gasteiger partial charge in [0.25, 0.3) is 15.9 Å². The van der Waals surface area contributed by atoms with E-state index in [-0.39, 0.29) is 29.9 Å². The molecule has 4 rings (SSSR count). The molecule has 0 atom stereocenters. The first kappa shape index (κ1) is 23.2. The van der Waals surface area contributed by atoms with Crippen LogP contribution in [0.1, 0.15) is 35.3 Å². The summed E-state index contributed by atoms with van der Waals surface area (Å²) < 4.78 is 33.3. The number of fused-ring (bicyclic) bond motifs is 1. The number of rotatable bonds is 6. The van der Waals surface area contributed by atoms with Gasteiger partial charge < -0.3 is 20.9 Å². The number of nitrogens with two attached hydrogens (primary N) is 1. The summed E-state index contributed by atoms with van der Waals surface area (Å²) in [5.41, 5.74) is 7.43. The van der Waals surface area contributed by atoms with Crippen LogP contribution in [-0.2, 0) is 15.8 Å². The number of hydrogen-bond donors (Lipinski definition) is 3. The second-order valence-corrected chi connectivity index (χ2v) is 10.2. The zero-order chi connectivity index (χ0) is 24.5. The summed E-state index contributed by atoms with van der Waals surface area (Å²) in [4.78, 5) is 17.2. The number of amides is 1. The van der Waals surface area contributed by atoms with Gasteiger partial charge >= 0.3 is 0 Å². The lowest BCUT2D eigenvalue weighted by molar-refractivity contribution is 0.0880. The van der Waals surface area contributed by atoms with Crippen molar-refractivity contribution >= 4 is 21.8 Å². The molecule has 0 saturated carbocycles. The fourth-order valence-corrected chi connectivity index (χ4v) is 4.70. The molecule has 9 nitrogen and oxygen atoms in total. The van der Waals surface area contributed by atoms with Gasteiger partial charge in [0.05, 0.1) is 22.5 Å².